The molecular weight excluding hydrogens is 464 g/mol. The topological polar surface area (TPSA) is 130 Å². The summed E-state index contributed by atoms with van der Waals surface area (Å²) in [6.45, 7) is -2.20. The number of nitrogens with zero attached hydrogens (tertiary/aromatic N) is 2. The molecule has 0 saturated heterocycles. The highest BCUT2D eigenvalue weighted by molar-refractivity contribution is 7.89. The van der Waals surface area contributed by atoms with Crippen LogP contribution in [0.5, 0.6) is 11.5 Å². The zero-order chi connectivity index (χ0) is 24.0. The lowest BCUT2D eigenvalue weighted by atomic mass is 10.2. The van der Waals surface area contributed by atoms with Crippen LogP contribution in [-0.4, -0.2) is 44.8 Å². The molecule has 2 aromatic carbocycles. The number of rotatable bonds is 10. The Morgan fingerprint density at radius 1 is 1.15 bits per heavy atom. The van der Waals surface area contributed by atoms with Crippen molar-refractivity contribution in [3.8, 4) is 22.9 Å². The van der Waals surface area contributed by atoms with Crippen molar-refractivity contribution in [2.45, 2.75) is 25.0 Å². The monoisotopic (exact) mass is 483 g/mol. The molecule has 0 aliphatic rings. The van der Waals surface area contributed by atoms with Crippen LogP contribution in [0.1, 0.15) is 11.5 Å². The second kappa shape index (κ2) is 10.4. The molecule has 1 N–H and O–H groups in total. The highest BCUT2D eigenvalue weighted by atomic mass is 32.2. The van der Waals surface area contributed by atoms with Gasteiger partial charge in [-0.1, -0.05) is 22.9 Å². The van der Waals surface area contributed by atoms with Crippen LogP contribution in [-0.2, 0) is 26.2 Å². The molecule has 1 aromatic heterocycles. The van der Waals surface area contributed by atoms with E-state index in [1.807, 2.05) is 6.92 Å². The Bertz CT molecular complexity index is 1210. The van der Waals surface area contributed by atoms with E-state index in [0.29, 0.717) is 5.56 Å². The van der Waals surface area contributed by atoms with E-state index in [-0.39, 0.29) is 28.1 Å². The maximum absolute atomic E-state index is 12.4. The van der Waals surface area contributed by atoms with Crippen LogP contribution in [0.25, 0.3) is 11.4 Å². The summed E-state index contributed by atoms with van der Waals surface area (Å²) in [4.78, 5) is 16.0. The molecular formula is C20H19F2N3O7S. The van der Waals surface area contributed by atoms with Crippen LogP contribution in [0.4, 0.5) is 8.78 Å². The Balaban J connectivity index is 1.56. The van der Waals surface area contributed by atoms with E-state index in [2.05, 4.69) is 19.6 Å². The fraction of sp³-hybridized carbons (Fsp3) is 0.250. The van der Waals surface area contributed by atoms with Crippen molar-refractivity contribution in [2.24, 2.45) is 0 Å². The summed E-state index contributed by atoms with van der Waals surface area (Å²) in [6.07, 6.45) is 0. The van der Waals surface area contributed by atoms with Crippen LogP contribution in [0, 0.1) is 6.92 Å². The number of hydrogen-bond donors (Lipinski definition) is 1. The summed E-state index contributed by atoms with van der Waals surface area (Å²) in [6, 6.07) is 10.2. The number of methoxy groups -OCH3 is 1. The lowest BCUT2D eigenvalue weighted by molar-refractivity contribution is -0.144. The number of aromatic nitrogens is 2. The molecule has 0 spiro atoms. The predicted molar refractivity (Wildman–Crippen MR) is 109 cm³/mol. The van der Waals surface area contributed by atoms with Gasteiger partial charge in [0.15, 0.2) is 18.1 Å². The van der Waals surface area contributed by atoms with Gasteiger partial charge in [-0.2, -0.15) is 18.5 Å². The third-order valence-electron chi connectivity index (χ3n) is 4.20. The quantitative estimate of drug-likeness (QED) is 0.433. The van der Waals surface area contributed by atoms with Crippen molar-refractivity contribution in [1.82, 2.24) is 14.9 Å². The van der Waals surface area contributed by atoms with Gasteiger partial charge in [0.05, 0.1) is 12.0 Å². The second-order valence-electron chi connectivity index (χ2n) is 6.55. The molecule has 0 atom stereocenters. The minimum atomic E-state index is -3.88. The van der Waals surface area contributed by atoms with E-state index in [0.717, 1.165) is 5.56 Å². The first-order valence-corrected chi connectivity index (χ1v) is 10.8. The summed E-state index contributed by atoms with van der Waals surface area (Å²) < 4.78 is 70.7. The van der Waals surface area contributed by atoms with Crippen LogP contribution in [0.2, 0.25) is 0 Å². The lowest BCUT2D eigenvalue weighted by Crippen LogP contribution is -2.30. The number of nitrogens with one attached hydrogen (secondary N) is 1. The smallest absolute Gasteiger partial charge is 0.387 e. The van der Waals surface area contributed by atoms with Crippen LogP contribution in [0.3, 0.4) is 0 Å². The number of esters is 1. The molecule has 0 amide bonds. The summed E-state index contributed by atoms with van der Waals surface area (Å²) in [5.74, 6) is -0.969. The minimum absolute atomic E-state index is 0.0165. The first-order chi connectivity index (χ1) is 15.7. The number of alkyl halides is 2. The Morgan fingerprint density at radius 3 is 2.55 bits per heavy atom. The number of benzene rings is 2. The van der Waals surface area contributed by atoms with E-state index < -0.39 is 35.8 Å². The van der Waals surface area contributed by atoms with Crippen molar-refractivity contribution < 1.29 is 40.7 Å². The predicted octanol–water partition coefficient (Wildman–Crippen LogP) is 2.68. The lowest BCUT2D eigenvalue weighted by Gasteiger charge is -2.10. The summed E-state index contributed by atoms with van der Waals surface area (Å²) in [5.41, 5.74) is 1.27. The average Bonchev–Trinajstić information content (AvgIpc) is 3.25. The molecule has 0 unspecified atom stereocenters. The Kier molecular flexibility index (Phi) is 7.55. The molecule has 0 fully saturated rings. The van der Waals surface area contributed by atoms with Gasteiger partial charge in [-0.15, -0.1) is 0 Å². The van der Waals surface area contributed by atoms with E-state index in [1.54, 1.807) is 12.1 Å². The zero-order valence-corrected chi connectivity index (χ0v) is 18.3. The number of sulfonamides is 1. The number of ether oxygens (including phenoxy) is 3. The molecule has 13 heteroatoms. The van der Waals surface area contributed by atoms with E-state index in [4.69, 9.17) is 14.0 Å². The normalized spacial score (nSPS) is 11.4. The van der Waals surface area contributed by atoms with Gasteiger partial charge in [-0.3, -0.25) is 4.79 Å². The Labute approximate surface area is 187 Å². The Hall–Kier alpha value is -3.58. The molecule has 0 radical (unpaired) electrons. The molecule has 3 aromatic rings. The molecule has 0 aliphatic carbocycles. The number of halogens is 2. The Morgan fingerprint density at radius 2 is 1.88 bits per heavy atom. The highest BCUT2D eigenvalue weighted by Gasteiger charge is 2.18. The van der Waals surface area contributed by atoms with Crippen LogP contribution >= 0.6 is 0 Å². The minimum Gasteiger partial charge on any atom is -0.493 e. The van der Waals surface area contributed by atoms with Gasteiger partial charge in [0.25, 0.3) is 5.89 Å². The number of carbonyl (C=O) groups excluding carboxylic acids is 1. The second-order valence-corrected chi connectivity index (χ2v) is 8.32. The van der Waals surface area contributed by atoms with Gasteiger partial charge in [0.1, 0.15) is 6.54 Å². The third kappa shape index (κ3) is 6.46. The van der Waals surface area contributed by atoms with E-state index in [9.17, 15) is 22.0 Å². The van der Waals surface area contributed by atoms with Crippen molar-refractivity contribution in [3.63, 3.8) is 0 Å². The molecule has 3 rings (SSSR count). The fourth-order valence-corrected chi connectivity index (χ4v) is 3.55. The third-order valence-corrected chi connectivity index (χ3v) is 5.62. The van der Waals surface area contributed by atoms with Gasteiger partial charge in [0, 0.05) is 5.56 Å². The SMILES string of the molecule is COc1cc(-c2noc(COC(=O)CNS(=O)(=O)c3ccc(C)cc3)n2)ccc1OC(F)F. The number of hydrogen-bond acceptors (Lipinski definition) is 9. The fourth-order valence-electron chi connectivity index (χ4n) is 2.58. The number of aryl methyl sites for hydroxylation is 1. The molecule has 1 heterocycles. The molecule has 176 valence electrons. The number of carbonyl (C=O) groups is 1. The first-order valence-electron chi connectivity index (χ1n) is 9.35. The zero-order valence-electron chi connectivity index (χ0n) is 17.4. The molecule has 33 heavy (non-hydrogen) atoms. The summed E-state index contributed by atoms with van der Waals surface area (Å²) in [7, 11) is -2.59. The van der Waals surface area contributed by atoms with E-state index in [1.165, 1.54) is 37.4 Å². The standard InChI is InChI=1S/C20H19F2N3O7S/c1-12-3-6-14(7-4-12)33(27,28)23-10-18(26)30-11-17-24-19(25-32-17)13-5-8-15(31-20(21)22)16(9-13)29-2/h3-9,20,23H,10-11H2,1-2H3. The van der Waals surface area contributed by atoms with Crippen molar-refractivity contribution in [3.05, 3.63) is 53.9 Å². The van der Waals surface area contributed by atoms with Crippen LogP contribution < -0.4 is 14.2 Å². The van der Waals surface area contributed by atoms with Crippen LogP contribution in [0.15, 0.2) is 51.9 Å². The largest absolute Gasteiger partial charge is 0.493 e. The van der Waals surface area contributed by atoms with Gasteiger partial charge in [-0.25, -0.2) is 8.42 Å². The maximum atomic E-state index is 12.4. The van der Waals surface area contributed by atoms with E-state index >= 15 is 0 Å². The van der Waals surface area contributed by atoms with Crippen molar-refractivity contribution in [1.29, 1.82) is 0 Å². The van der Waals surface area contributed by atoms with Gasteiger partial charge >= 0.3 is 12.6 Å². The molecule has 0 saturated carbocycles. The van der Waals surface area contributed by atoms with Crippen molar-refractivity contribution >= 4 is 16.0 Å². The van der Waals surface area contributed by atoms with Gasteiger partial charge in [0.2, 0.25) is 15.8 Å². The molecule has 0 aliphatic heterocycles. The average molecular weight is 483 g/mol. The van der Waals surface area contributed by atoms with Crippen molar-refractivity contribution in [2.75, 3.05) is 13.7 Å². The van der Waals surface area contributed by atoms with Gasteiger partial charge < -0.3 is 18.7 Å². The van der Waals surface area contributed by atoms with Gasteiger partial charge in [-0.05, 0) is 37.3 Å². The molecule has 0 bridgehead atoms. The molecule has 10 nitrogen and oxygen atoms in total. The maximum Gasteiger partial charge on any atom is 0.387 e. The summed E-state index contributed by atoms with van der Waals surface area (Å²) in [5, 5.41) is 3.73. The first kappa shape index (κ1) is 24.1. The highest BCUT2D eigenvalue weighted by Crippen LogP contribution is 2.32. The summed E-state index contributed by atoms with van der Waals surface area (Å²) >= 11 is 0.